The highest BCUT2D eigenvalue weighted by atomic mass is 19.4. The van der Waals surface area contributed by atoms with Gasteiger partial charge in [0.15, 0.2) is 0 Å². The fourth-order valence-electron chi connectivity index (χ4n) is 4.31. The van der Waals surface area contributed by atoms with Crippen LogP contribution in [0.4, 0.5) is 26.3 Å². The molecule has 0 atom stereocenters. The number of benzene rings is 2. The summed E-state index contributed by atoms with van der Waals surface area (Å²) in [5.74, 6) is -0.459. The van der Waals surface area contributed by atoms with Gasteiger partial charge >= 0.3 is 12.4 Å². The highest BCUT2D eigenvalue weighted by Gasteiger charge is 2.72. The average molecular weight is 445 g/mol. The summed E-state index contributed by atoms with van der Waals surface area (Å²) in [4.78, 5) is 0. The van der Waals surface area contributed by atoms with E-state index in [-0.39, 0.29) is 17.8 Å². The van der Waals surface area contributed by atoms with Crippen molar-refractivity contribution in [3.8, 4) is 0 Å². The highest BCUT2D eigenvalue weighted by molar-refractivity contribution is 5.50. The van der Waals surface area contributed by atoms with E-state index in [9.17, 15) is 26.3 Å². The molecule has 2 aromatic carbocycles. The molecule has 0 aliphatic heterocycles. The third-order valence-electron chi connectivity index (χ3n) is 5.95. The predicted octanol–water partition coefficient (Wildman–Crippen LogP) is 8.78. The van der Waals surface area contributed by atoms with Gasteiger partial charge in [0.25, 0.3) is 0 Å². The molecule has 31 heavy (non-hydrogen) atoms. The van der Waals surface area contributed by atoms with Gasteiger partial charge in [0.2, 0.25) is 5.41 Å². The number of alkyl halides is 6. The Labute approximate surface area is 180 Å². The minimum atomic E-state index is -5.58. The zero-order valence-corrected chi connectivity index (χ0v) is 19.0. The molecule has 0 aromatic heterocycles. The summed E-state index contributed by atoms with van der Waals surface area (Å²) >= 11 is 0. The maximum atomic E-state index is 14.5. The molecule has 2 aromatic rings. The minimum Gasteiger partial charge on any atom is -0.169 e. The predicted molar refractivity (Wildman–Crippen MR) is 113 cm³/mol. The number of rotatable bonds is 5. The summed E-state index contributed by atoms with van der Waals surface area (Å²) < 4.78 is 87.3. The maximum absolute atomic E-state index is 14.5. The second-order valence-electron chi connectivity index (χ2n) is 9.12. The SMILES string of the molecule is Cc1ccc(C(c2ccc(C(C)C)c(C(C)C)c2)(C(F)(F)F)C(F)(F)F)cc1C(C)C. The summed E-state index contributed by atoms with van der Waals surface area (Å²) in [5.41, 5.74) is -3.32. The average Bonchev–Trinajstić information content (AvgIpc) is 2.60. The second kappa shape index (κ2) is 8.51. The van der Waals surface area contributed by atoms with Gasteiger partial charge in [-0.3, -0.25) is 0 Å². The first-order valence-electron chi connectivity index (χ1n) is 10.4. The van der Waals surface area contributed by atoms with Gasteiger partial charge in [-0.15, -0.1) is 0 Å². The Kier molecular flexibility index (Phi) is 6.94. The van der Waals surface area contributed by atoms with Crippen molar-refractivity contribution in [3.63, 3.8) is 0 Å². The monoisotopic (exact) mass is 444 g/mol. The van der Waals surface area contributed by atoms with Gasteiger partial charge in [0, 0.05) is 0 Å². The van der Waals surface area contributed by atoms with Crippen molar-refractivity contribution >= 4 is 0 Å². The number of halogens is 6. The first-order valence-corrected chi connectivity index (χ1v) is 10.4. The molecule has 0 nitrogen and oxygen atoms in total. The maximum Gasteiger partial charge on any atom is 0.411 e. The Morgan fingerprint density at radius 3 is 1.32 bits per heavy atom. The molecule has 0 heterocycles. The molecule has 0 saturated heterocycles. The van der Waals surface area contributed by atoms with Crippen molar-refractivity contribution in [3.05, 3.63) is 69.8 Å². The Morgan fingerprint density at radius 1 is 0.548 bits per heavy atom. The van der Waals surface area contributed by atoms with Gasteiger partial charge in [0.1, 0.15) is 0 Å². The lowest BCUT2D eigenvalue weighted by Crippen LogP contribution is -2.55. The van der Waals surface area contributed by atoms with Crippen LogP contribution < -0.4 is 0 Å². The fraction of sp³-hybridized carbons (Fsp3) is 0.520. The first-order chi connectivity index (χ1) is 14.1. The molecular formula is C25H30F6. The smallest absolute Gasteiger partial charge is 0.169 e. The molecule has 0 spiro atoms. The standard InChI is InChI=1S/C25H30F6/c1-14(2)20-11-10-19(13-22(20)16(5)6)23(24(26,27)28,25(29,30)31)18-9-8-17(7)21(12-18)15(3)4/h8-16H,1-7H3. The van der Waals surface area contributed by atoms with Crippen molar-refractivity contribution in [2.75, 3.05) is 0 Å². The molecule has 0 radical (unpaired) electrons. The summed E-state index contributed by atoms with van der Waals surface area (Å²) in [6.07, 6.45) is -11.2. The molecule has 6 heteroatoms. The zero-order chi connectivity index (χ0) is 23.9. The van der Waals surface area contributed by atoms with E-state index in [1.165, 1.54) is 12.1 Å². The molecule has 0 amide bonds. The summed E-state index contributed by atoms with van der Waals surface area (Å²) in [5, 5.41) is 0. The number of aryl methyl sites for hydroxylation is 1. The van der Waals surface area contributed by atoms with Crippen LogP contribution in [0.15, 0.2) is 36.4 Å². The zero-order valence-electron chi connectivity index (χ0n) is 19.0. The van der Waals surface area contributed by atoms with Crippen LogP contribution in [0.25, 0.3) is 0 Å². The Hall–Kier alpha value is -1.98. The molecular weight excluding hydrogens is 414 g/mol. The lowest BCUT2D eigenvalue weighted by atomic mass is 9.70. The summed E-state index contributed by atoms with van der Waals surface area (Å²) in [6, 6.07) is 6.91. The topological polar surface area (TPSA) is 0 Å². The Bertz CT molecular complexity index is 903. The van der Waals surface area contributed by atoms with E-state index in [0.29, 0.717) is 16.7 Å². The Morgan fingerprint density at radius 2 is 0.935 bits per heavy atom. The van der Waals surface area contributed by atoms with Gasteiger partial charge in [-0.05, 0) is 58.1 Å². The van der Waals surface area contributed by atoms with Crippen LogP contribution in [0.5, 0.6) is 0 Å². The highest BCUT2D eigenvalue weighted by Crippen LogP contribution is 2.57. The normalized spacial score (nSPS) is 13.5. The van der Waals surface area contributed by atoms with E-state index in [0.717, 1.165) is 29.8 Å². The van der Waals surface area contributed by atoms with E-state index >= 15 is 0 Å². The van der Waals surface area contributed by atoms with Crippen molar-refractivity contribution in [2.24, 2.45) is 0 Å². The molecule has 0 fully saturated rings. The third-order valence-corrected chi connectivity index (χ3v) is 5.95. The number of hydrogen-bond acceptors (Lipinski definition) is 0. The van der Waals surface area contributed by atoms with Crippen LogP contribution in [0.1, 0.15) is 92.7 Å². The van der Waals surface area contributed by atoms with E-state index < -0.39 is 28.9 Å². The van der Waals surface area contributed by atoms with E-state index in [4.69, 9.17) is 0 Å². The largest absolute Gasteiger partial charge is 0.411 e. The number of hydrogen-bond donors (Lipinski definition) is 0. The summed E-state index contributed by atoms with van der Waals surface area (Å²) in [7, 11) is 0. The molecule has 0 aliphatic rings. The fourth-order valence-corrected chi connectivity index (χ4v) is 4.31. The summed E-state index contributed by atoms with van der Waals surface area (Å²) in [6.45, 7) is 12.5. The molecule has 0 aliphatic carbocycles. The second-order valence-corrected chi connectivity index (χ2v) is 9.12. The van der Waals surface area contributed by atoms with Gasteiger partial charge in [-0.25, -0.2) is 0 Å². The third kappa shape index (κ3) is 4.35. The van der Waals surface area contributed by atoms with Crippen molar-refractivity contribution in [2.45, 2.75) is 84.0 Å². The van der Waals surface area contributed by atoms with Gasteiger partial charge < -0.3 is 0 Å². The van der Waals surface area contributed by atoms with E-state index in [2.05, 4.69) is 0 Å². The molecule has 2 rings (SSSR count). The van der Waals surface area contributed by atoms with Crippen LogP contribution in [0.2, 0.25) is 0 Å². The molecule has 172 valence electrons. The lowest BCUT2D eigenvalue weighted by Gasteiger charge is -2.39. The van der Waals surface area contributed by atoms with Crippen LogP contribution in [0.3, 0.4) is 0 Å². The van der Waals surface area contributed by atoms with E-state index in [1.54, 1.807) is 34.6 Å². The van der Waals surface area contributed by atoms with Gasteiger partial charge in [-0.1, -0.05) is 77.9 Å². The van der Waals surface area contributed by atoms with Crippen molar-refractivity contribution in [1.29, 1.82) is 0 Å². The van der Waals surface area contributed by atoms with Gasteiger partial charge in [-0.2, -0.15) is 26.3 Å². The van der Waals surface area contributed by atoms with Crippen LogP contribution in [-0.2, 0) is 5.41 Å². The quantitative estimate of drug-likeness (QED) is 0.404. The minimum absolute atomic E-state index is 0.0236. The van der Waals surface area contributed by atoms with E-state index in [1.807, 2.05) is 13.8 Å². The lowest BCUT2D eigenvalue weighted by molar-refractivity contribution is -0.288. The molecule has 0 bridgehead atoms. The van der Waals surface area contributed by atoms with Crippen molar-refractivity contribution < 1.29 is 26.3 Å². The molecule has 0 saturated carbocycles. The van der Waals surface area contributed by atoms with Crippen molar-refractivity contribution in [1.82, 2.24) is 0 Å². The van der Waals surface area contributed by atoms with Crippen LogP contribution in [0, 0.1) is 6.92 Å². The van der Waals surface area contributed by atoms with Crippen LogP contribution in [-0.4, -0.2) is 12.4 Å². The molecule has 0 unspecified atom stereocenters. The Balaban J connectivity index is 3.02. The van der Waals surface area contributed by atoms with Gasteiger partial charge in [0.05, 0.1) is 0 Å². The van der Waals surface area contributed by atoms with Crippen LogP contribution >= 0.6 is 0 Å². The first kappa shape index (κ1) is 25.3. The molecule has 0 N–H and O–H groups in total.